The van der Waals surface area contributed by atoms with Gasteiger partial charge in [0.25, 0.3) is 0 Å². The Morgan fingerprint density at radius 3 is 2.62 bits per heavy atom. The average molecular weight is 428 g/mol. The Kier molecular flexibility index (Phi) is 4.45. The number of rotatable bonds is 4. The molecule has 1 aliphatic heterocycles. The van der Waals surface area contributed by atoms with Crippen LogP contribution >= 0.6 is 0 Å². The fourth-order valence-electron chi connectivity index (χ4n) is 3.29. The summed E-state index contributed by atoms with van der Waals surface area (Å²) in [4.78, 5) is 4.60. The molecule has 0 aliphatic carbocycles. The fraction of sp³-hybridized carbons (Fsp3) is 0.0952. The first-order valence-corrected chi connectivity index (χ1v) is 9.42. The number of aromatic nitrogens is 3. The van der Waals surface area contributed by atoms with E-state index in [9.17, 15) is 5.26 Å². The van der Waals surface area contributed by atoms with Crippen LogP contribution in [0.2, 0.25) is 0 Å². The quantitative estimate of drug-likeness (QED) is 0.467. The van der Waals surface area contributed by atoms with Gasteiger partial charge >= 0.3 is 0 Å². The zero-order valence-electron chi connectivity index (χ0n) is 16.8. The summed E-state index contributed by atoms with van der Waals surface area (Å²) in [7, 11) is 1.57. The van der Waals surface area contributed by atoms with E-state index in [1.165, 1.54) is 4.52 Å². The average Bonchev–Trinajstić information content (AvgIpc) is 3.41. The van der Waals surface area contributed by atoms with E-state index in [1.54, 1.807) is 49.6 Å². The molecule has 0 saturated heterocycles. The van der Waals surface area contributed by atoms with Crippen LogP contribution in [-0.4, -0.2) is 28.5 Å². The summed E-state index contributed by atoms with van der Waals surface area (Å²) in [5.74, 6) is 2.07. The number of fused-ring (bicyclic) bond motifs is 2. The Bertz CT molecular complexity index is 1420. The second-order valence-electron chi connectivity index (χ2n) is 6.77. The highest BCUT2D eigenvalue weighted by molar-refractivity contribution is 5.82. The van der Waals surface area contributed by atoms with Crippen LogP contribution in [-0.2, 0) is 0 Å². The van der Waals surface area contributed by atoms with Crippen molar-refractivity contribution in [3.8, 4) is 34.6 Å². The number of nitriles is 1. The number of benzene rings is 2. The van der Waals surface area contributed by atoms with E-state index in [4.69, 9.17) is 25.7 Å². The van der Waals surface area contributed by atoms with Crippen molar-refractivity contribution < 1.29 is 14.2 Å². The van der Waals surface area contributed by atoms with Crippen molar-refractivity contribution in [1.29, 1.82) is 5.26 Å². The molecule has 0 atom stereocenters. The second kappa shape index (κ2) is 7.44. The monoisotopic (exact) mass is 428 g/mol. The minimum absolute atomic E-state index is 0.0736. The number of hydrogen-bond donors (Lipinski definition) is 2. The molecule has 158 valence electrons. The third kappa shape index (κ3) is 3.07. The van der Waals surface area contributed by atoms with Gasteiger partial charge in [-0.3, -0.25) is 0 Å². The first-order chi connectivity index (χ1) is 15.6. The Balaban J connectivity index is 1.63. The number of nitrogens with two attached hydrogens (primary N) is 2. The highest BCUT2D eigenvalue weighted by Crippen LogP contribution is 2.37. The molecule has 4 aromatic rings. The van der Waals surface area contributed by atoms with Crippen LogP contribution in [0.25, 0.3) is 16.9 Å². The number of nitrogen functional groups attached to an aromatic ring is 2. The highest BCUT2D eigenvalue weighted by atomic mass is 16.7. The Hall–Kier alpha value is -4.85. The molecule has 0 bridgehead atoms. The van der Waals surface area contributed by atoms with Gasteiger partial charge in [0.2, 0.25) is 6.79 Å². The summed E-state index contributed by atoms with van der Waals surface area (Å²) in [6, 6.07) is 14.4. The Morgan fingerprint density at radius 1 is 1.09 bits per heavy atom. The van der Waals surface area contributed by atoms with Crippen LogP contribution < -0.4 is 25.7 Å². The standard InChI is InChI=1S/C21H16N8O3/c1-30-13-5-2-11(3-6-13)17-14(9-22)20(24)29-21(25-17)18(19(23)28-29)27-26-12-4-7-15-16(8-12)32-10-31-15/h2-8H,10,24H2,1H3,(H2,23,28). The summed E-state index contributed by atoms with van der Waals surface area (Å²) in [6.07, 6.45) is 0. The van der Waals surface area contributed by atoms with Gasteiger partial charge in [-0.2, -0.15) is 14.9 Å². The van der Waals surface area contributed by atoms with E-state index >= 15 is 0 Å². The van der Waals surface area contributed by atoms with Gasteiger partial charge in [0.05, 0.1) is 18.5 Å². The lowest BCUT2D eigenvalue weighted by atomic mass is 10.1. The summed E-state index contributed by atoms with van der Waals surface area (Å²) < 4.78 is 17.1. The molecule has 0 unspecified atom stereocenters. The van der Waals surface area contributed by atoms with Crippen molar-refractivity contribution in [1.82, 2.24) is 14.6 Å². The molecule has 0 saturated carbocycles. The predicted octanol–water partition coefficient (Wildman–Crippen LogP) is 3.59. The maximum absolute atomic E-state index is 9.69. The van der Waals surface area contributed by atoms with E-state index in [1.807, 2.05) is 0 Å². The largest absolute Gasteiger partial charge is 0.497 e. The topological polar surface area (TPSA) is 158 Å². The predicted molar refractivity (Wildman–Crippen MR) is 115 cm³/mol. The number of anilines is 2. The van der Waals surface area contributed by atoms with Crippen LogP contribution in [0.5, 0.6) is 17.2 Å². The molecule has 32 heavy (non-hydrogen) atoms. The summed E-state index contributed by atoms with van der Waals surface area (Å²) >= 11 is 0. The summed E-state index contributed by atoms with van der Waals surface area (Å²) in [6.45, 7) is 0.162. The van der Waals surface area contributed by atoms with Crippen molar-refractivity contribution in [3.63, 3.8) is 0 Å². The highest BCUT2D eigenvalue weighted by Gasteiger charge is 2.21. The molecule has 0 radical (unpaired) electrons. The van der Waals surface area contributed by atoms with Crippen molar-refractivity contribution in [2.24, 2.45) is 10.2 Å². The number of hydrogen-bond acceptors (Lipinski definition) is 10. The van der Waals surface area contributed by atoms with Gasteiger partial charge in [0, 0.05) is 11.6 Å². The van der Waals surface area contributed by atoms with Gasteiger partial charge < -0.3 is 25.7 Å². The zero-order chi connectivity index (χ0) is 22.2. The molecule has 2 aromatic heterocycles. The van der Waals surface area contributed by atoms with Crippen LogP contribution in [0.4, 0.5) is 23.0 Å². The SMILES string of the molecule is COc1ccc(-c2nc3c(N=Nc4ccc5c(c4)OCO5)c(N)nn3c(N)c2C#N)cc1. The Labute approximate surface area is 181 Å². The lowest BCUT2D eigenvalue weighted by molar-refractivity contribution is 0.174. The molecule has 0 amide bonds. The molecule has 11 nitrogen and oxygen atoms in total. The van der Waals surface area contributed by atoms with Gasteiger partial charge in [-0.15, -0.1) is 10.2 Å². The van der Waals surface area contributed by atoms with E-state index in [0.29, 0.717) is 34.2 Å². The van der Waals surface area contributed by atoms with E-state index in [-0.39, 0.29) is 35.3 Å². The smallest absolute Gasteiger partial charge is 0.231 e. The van der Waals surface area contributed by atoms with Gasteiger partial charge in [-0.25, -0.2) is 4.98 Å². The Morgan fingerprint density at radius 2 is 1.88 bits per heavy atom. The zero-order valence-corrected chi connectivity index (χ0v) is 16.8. The van der Waals surface area contributed by atoms with Crippen molar-refractivity contribution in [2.45, 2.75) is 0 Å². The van der Waals surface area contributed by atoms with Gasteiger partial charge in [0.15, 0.2) is 28.7 Å². The first-order valence-electron chi connectivity index (χ1n) is 9.42. The van der Waals surface area contributed by atoms with Crippen molar-refractivity contribution in [3.05, 3.63) is 48.0 Å². The number of nitrogens with zero attached hydrogens (tertiary/aromatic N) is 6. The molecular formula is C21H16N8O3. The van der Waals surface area contributed by atoms with Crippen molar-refractivity contribution >= 4 is 28.7 Å². The molecule has 5 rings (SSSR count). The van der Waals surface area contributed by atoms with Crippen molar-refractivity contribution in [2.75, 3.05) is 25.4 Å². The maximum Gasteiger partial charge on any atom is 0.231 e. The lowest BCUT2D eigenvalue weighted by Crippen LogP contribution is -2.06. The molecule has 1 aliphatic rings. The molecule has 4 N–H and O–H groups in total. The molecule has 2 aromatic carbocycles. The van der Waals surface area contributed by atoms with Crippen LogP contribution in [0, 0.1) is 11.3 Å². The third-order valence-electron chi connectivity index (χ3n) is 4.90. The number of azo groups is 1. The van der Waals surface area contributed by atoms with Crippen LogP contribution in [0.3, 0.4) is 0 Å². The first kappa shape index (κ1) is 19.1. The summed E-state index contributed by atoms with van der Waals surface area (Å²) in [5, 5.41) is 22.4. The second-order valence-corrected chi connectivity index (χ2v) is 6.77. The fourth-order valence-corrected chi connectivity index (χ4v) is 3.29. The van der Waals surface area contributed by atoms with Crippen LogP contribution in [0.1, 0.15) is 5.56 Å². The molecular weight excluding hydrogens is 412 g/mol. The minimum atomic E-state index is 0.0736. The normalized spacial score (nSPS) is 12.4. The van der Waals surface area contributed by atoms with Gasteiger partial charge in [-0.1, -0.05) is 0 Å². The number of ether oxygens (including phenoxy) is 3. The lowest BCUT2D eigenvalue weighted by Gasteiger charge is -2.09. The maximum atomic E-state index is 9.69. The molecule has 3 heterocycles. The van der Waals surface area contributed by atoms with Crippen LogP contribution in [0.15, 0.2) is 52.7 Å². The molecule has 0 spiro atoms. The van der Waals surface area contributed by atoms with Gasteiger partial charge in [-0.05, 0) is 36.4 Å². The molecule has 11 heteroatoms. The van der Waals surface area contributed by atoms with E-state index in [0.717, 1.165) is 0 Å². The minimum Gasteiger partial charge on any atom is -0.497 e. The van der Waals surface area contributed by atoms with E-state index in [2.05, 4.69) is 26.4 Å². The number of methoxy groups -OCH3 is 1. The van der Waals surface area contributed by atoms with E-state index < -0.39 is 0 Å². The molecule has 0 fully saturated rings. The third-order valence-corrected chi connectivity index (χ3v) is 4.90. The van der Waals surface area contributed by atoms with Gasteiger partial charge in [0.1, 0.15) is 23.2 Å². The summed E-state index contributed by atoms with van der Waals surface area (Å²) in [5.41, 5.74) is 14.6.